The van der Waals surface area contributed by atoms with E-state index in [9.17, 15) is 0 Å². The van der Waals surface area contributed by atoms with Gasteiger partial charge in [-0.25, -0.2) is 4.85 Å². The topological polar surface area (TPSA) is 22.2 Å². The van der Waals surface area contributed by atoms with Crippen molar-refractivity contribution in [2.45, 2.75) is 0 Å². The molecule has 0 aliphatic heterocycles. The van der Waals surface area contributed by atoms with Gasteiger partial charge in [-0.1, -0.05) is 115 Å². The zero-order chi connectivity index (χ0) is 31.1. The quantitative estimate of drug-likeness (QED) is 0.113. The molecule has 0 N–H and O–H groups in total. The van der Waals surface area contributed by atoms with E-state index in [4.69, 9.17) is 6.57 Å². The highest BCUT2D eigenvalue weighted by Crippen LogP contribution is 2.49. The normalized spacial score (nSPS) is 11.8. The lowest BCUT2D eigenvalue weighted by atomic mass is 9.83. The van der Waals surface area contributed by atoms with Crippen molar-refractivity contribution >= 4 is 70.6 Å². The predicted molar refractivity (Wildman–Crippen MR) is 197 cm³/mol. The highest BCUT2D eigenvalue weighted by Gasteiger charge is 2.23. The first-order valence-corrected chi connectivity index (χ1v) is 15.8. The van der Waals surface area contributed by atoms with Crippen LogP contribution in [0.4, 0.5) is 5.69 Å². The number of rotatable bonds is 3. The lowest BCUT2D eigenvalue weighted by Gasteiger charge is -2.20. The molecule has 0 amide bonds. The number of hydrogen-bond donors (Lipinski definition) is 0. The van der Waals surface area contributed by atoms with Crippen molar-refractivity contribution in [3.05, 3.63) is 163 Å². The molecule has 0 fully saturated rings. The largest absolute Gasteiger partial charge is 0.308 e. The summed E-state index contributed by atoms with van der Waals surface area (Å²) in [6.07, 6.45) is 3.72. The Labute approximate surface area is 270 Å². The minimum Gasteiger partial charge on any atom is -0.308 e. The van der Waals surface area contributed by atoms with Crippen molar-refractivity contribution < 1.29 is 0 Å². The number of fused-ring (bicyclic) bond motifs is 3. The minimum absolute atomic E-state index is 0.672. The standard InChI is InChI=1S/C44H25N3/c1-45-38-22-24-40-44-37(38)20-19-36-35(21-23-39(43(36)44)47(40)28-12-9-25-46-26-28)42-33-16-6-4-14-31(33)41(32-15-5-7-17-34(32)42)30-18-8-11-27-10-2-3-13-29(27)30/h2-26H. The SMILES string of the molecule is [C-]#[N+]c1ccc2c3c1ccc1c(-c4c5ccccc5c(-c5cccc6ccccc56)c5ccccc45)ccc(c13)n2-c1cccnc1. The zero-order valence-corrected chi connectivity index (χ0v) is 25.3. The summed E-state index contributed by atoms with van der Waals surface area (Å²) in [4.78, 5) is 8.36. The van der Waals surface area contributed by atoms with Gasteiger partial charge in [0.05, 0.1) is 29.5 Å². The van der Waals surface area contributed by atoms with Gasteiger partial charge in [0.1, 0.15) is 0 Å². The van der Waals surface area contributed by atoms with E-state index >= 15 is 0 Å². The van der Waals surface area contributed by atoms with Crippen LogP contribution in [0.1, 0.15) is 0 Å². The summed E-state index contributed by atoms with van der Waals surface area (Å²) in [5.74, 6) is 0. The fourth-order valence-corrected chi connectivity index (χ4v) is 7.97. The van der Waals surface area contributed by atoms with Gasteiger partial charge in [0.15, 0.2) is 5.69 Å². The third-order valence-corrected chi connectivity index (χ3v) is 9.86. The van der Waals surface area contributed by atoms with Crippen LogP contribution in [0, 0.1) is 6.57 Å². The van der Waals surface area contributed by atoms with Gasteiger partial charge in [0.2, 0.25) is 0 Å². The van der Waals surface area contributed by atoms with E-state index in [1.807, 2.05) is 18.3 Å². The van der Waals surface area contributed by atoms with E-state index in [-0.39, 0.29) is 0 Å². The van der Waals surface area contributed by atoms with Gasteiger partial charge >= 0.3 is 0 Å². The summed E-state index contributed by atoms with van der Waals surface area (Å²) in [7, 11) is 0. The molecule has 47 heavy (non-hydrogen) atoms. The van der Waals surface area contributed by atoms with Crippen LogP contribution in [0.2, 0.25) is 0 Å². The summed E-state index contributed by atoms with van der Waals surface area (Å²) in [6, 6.07) is 50.0. The zero-order valence-electron chi connectivity index (χ0n) is 25.3. The average molecular weight is 596 g/mol. The number of benzene rings is 8. The fraction of sp³-hybridized carbons (Fsp3) is 0. The van der Waals surface area contributed by atoms with Crippen molar-refractivity contribution in [3.63, 3.8) is 0 Å². The molecule has 3 heteroatoms. The summed E-state index contributed by atoms with van der Waals surface area (Å²) in [6.45, 7) is 7.94. The molecule has 10 aromatic rings. The molecule has 0 unspecified atom stereocenters. The molecule has 0 aliphatic rings. The third kappa shape index (κ3) is 3.53. The first kappa shape index (κ1) is 25.8. The molecule has 0 saturated heterocycles. The summed E-state index contributed by atoms with van der Waals surface area (Å²) >= 11 is 0. The predicted octanol–water partition coefficient (Wildman–Crippen LogP) is 12.1. The maximum Gasteiger partial charge on any atom is 0.195 e. The Kier molecular flexibility index (Phi) is 5.35. The lowest BCUT2D eigenvalue weighted by molar-refractivity contribution is 1.14. The molecule has 0 aliphatic carbocycles. The van der Waals surface area contributed by atoms with E-state index in [2.05, 4.69) is 142 Å². The van der Waals surface area contributed by atoms with Crippen LogP contribution in [-0.4, -0.2) is 9.55 Å². The second kappa shape index (κ2) is 9.75. The van der Waals surface area contributed by atoms with Crippen LogP contribution < -0.4 is 0 Å². The van der Waals surface area contributed by atoms with Gasteiger partial charge in [-0.2, -0.15) is 0 Å². The van der Waals surface area contributed by atoms with E-state index in [1.54, 1.807) is 6.20 Å². The van der Waals surface area contributed by atoms with Crippen LogP contribution in [0.25, 0.3) is 97.7 Å². The Morgan fingerprint density at radius 3 is 1.70 bits per heavy atom. The molecule has 3 nitrogen and oxygen atoms in total. The van der Waals surface area contributed by atoms with Crippen molar-refractivity contribution in [1.29, 1.82) is 0 Å². The Morgan fingerprint density at radius 1 is 0.468 bits per heavy atom. The molecule has 8 aromatic carbocycles. The van der Waals surface area contributed by atoms with Crippen molar-refractivity contribution in [3.8, 4) is 27.9 Å². The van der Waals surface area contributed by atoms with Gasteiger partial charge in [0, 0.05) is 17.0 Å². The first-order chi connectivity index (χ1) is 23.3. The van der Waals surface area contributed by atoms with Crippen LogP contribution in [0.5, 0.6) is 0 Å². The van der Waals surface area contributed by atoms with E-state index in [0.29, 0.717) is 5.69 Å². The molecule has 0 bridgehead atoms. The van der Waals surface area contributed by atoms with Crippen LogP contribution >= 0.6 is 0 Å². The van der Waals surface area contributed by atoms with Gasteiger partial charge in [0.25, 0.3) is 0 Å². The number of hydrogen-bond acceptors (Lipinski definition) is 1. The molecular formula is C44H25N3. The Bertz CT molecular complexity index is 2850. The maximum absolute atomic E-state index is 7.94. The third-order valence-electron chi connectivity index (χ3n) is 9.86. The van der Waals surface area contributed by atoms with Crippen molar-refractivity contribution in [1.82, 2.24) is 9.55 Å². The number of pyridine rings is 1. The highest BCUT2D eigenvalue weighted by molar-refractivity contribution is 6.31. The fourth-order valence-electron chi connectivity index (χ4n) is 7.97. The average Bonchev–Trinajstić information content (AvgIpc) is 3.48. The Balaban J connectivity index is 1.37. The molecule has 216 valence electrons. The lowest BCUT2D eigenvalue weighted by Crippen LogP contribution is -1.94. The summed E-state index contributed by atoms with van der Waals surface area (Å²) in [5, 5.41) is 11.9. The number of aromatic nitrogens is 2. The molecule has 0 spiro atoms. The molecule has 10 rings (SSSR count). The van der Waals surface area contributed by atoms with Gasteiger partial charge in [-0.15, -0.1) is 0 Å². The van der Waals surface area contributed by atoms with Crippen LogP contribution in [0.3, 0.4) is 0 Å². The van der Waals surface area contributed by atoms with E-state index < -0.39 is 0 Å². The van der Waals surface area contributed by atoms with Gasteiger partial charge in [-0.3, -0.25) is 4.98 Å². The van der Waals surface area contributed by atoms with E-state index in [0.717, 1.165) is 27.5 Å². The van der Waals surface area contributed by atoms with Gasteiger partial charge < -0.3 is 4.57 Å². The van der Waals surface area contributed by atoms with Crippen LogP contribution in [-0.2, 0) is 0 Å². The van der Waals surface area contributed by atoms with Gasteiger partial charge in [-0.05, 0) is 89.6 Å². The molecule has 2 heterocycles. The number of nitrogens with zero attached hydrogens (tertiary/aromatic N) is 3. The van der Waals surface area contributed by atoms with E-state index in [1.165, 1.54) is 65.3 Å². The van der Waals surface area contributed by atoms with Crippen molar-refractivity contribution in [2.75, 3.05) is 0 Å². The van der Waals surface area contributed by atoms with Crippen molar-refractivity contribution in [2.24, 2.45) is 0 Å². The monoisotopic (exact) mass is 595 g/mol. The molecular weight excluding hydrogens is 571 g/mol. The second-order valence-corrected chi connectivity index (χ2v) is 12.2. The first-order valence-electron chi connectivity index (χ1n) is 15.8. The molecule has 0 atom stereocenters. The molecule has 0 radical (unpaired) electrons. The molecule has 2 aromatic heterocycles. The molecule has 0 saturated carbocycles. The van der Waals surface area contributed by atoms with Crippen LogP contribution in [0.15, 0.2) is 152 Å². The smallest absolute Gasteiger partial charge is 0.195 e. The second-order valence-electron chi connectivity index (χ2n) is 12.2. The Morgan fingerprint density at radius 2 is 1.04 bits per heavy atom. The highest BCUT2D eigenvalue weighted by atomic mass is 15.0. The minimum atomic E-state index is 0.672. The summed E-state index contributed by atoms with van der Waals surface area (Å²) < 4.78 is 2.29. The Hall–Kier alpha value is -6.50. The maximum atomic E-state index is 7.94. The summed E-state index contributed by atoms with van der Waals surface area (Å²) in [5.41, 5.74) is 8.80.